The lowest BCUT2D eigenvalue weighted by Crippen LogP contribution is -2.57. The zero-order chi connectivity index (χ0) is 26.2. The van der Waals surface area contributed by atoms with Crippen molar-refractivity contribution in [2.75, 3.05) is 78.0 Å². The van der Waals surface area contributed by atoms with Crippen LogP contribution in [0.4, 0.5) is 10.1 Å². The Balaban J connectivity index is 1.31. The van der Waals surface area contributed by atoms with Crippen LogP contribution in [0.15, 0.2) is 24.4 Å². The summed E-state index contributed by atoms with van der Waals surface area (Å²) >= 11 is 4.98. The highest BCUT2D eigenvalue weighted by molar-refractivity contribution is 7.80. The predicted molar refractivity (Wildman–Crippen MR) is 140 cm³/mol. The first-order chi connectivity index (χ1) is 18.0. The molecular formula is C23H34FN9O3S. The number of anilines is 1. The number of hydroxylamine groups is 1. The number of nitrogens with zero attached hydrogens (tertiary/aromatic N) is 6. The van der Waals surface area contributed by atoms with Crippen LogP contribution < -0.4 is 21.0 Å². The van der Waals surface area contributed by atoms with Crippen LogP contribution in [-0.2, 0) is 20.9 Å². The highest BCUT2D eigenvalue weighted by Gasteiger charge is 2.29. The molecule has 0 radical (unpaired) electrons. The summed E-state index contributed by atoms with van der Waals surface area (Å²) in [5.41, 5.74) is 4.17. The first-order valence-corrected chi connectivity index (χ1v) is 12.7. The van der Waals surface area contributed by atoms with Crippen molar-refractivity contribution >= 4 is 29.0 Å². The number of amides is 1. The molecule has 14 heteroatoms. The Hall–Kier alpha value is -2.91. The number of carbonyl (C=O) groups is 1. The molecule has 2 fully saturated rings. The van der Waals surface area contributed by atoms with Gasteiger partial charge in [-0.15, -0.1) is 5.10 Å². The minimum atomic E-state index is -0.350. The Morgan fingerprint density at radius 2 is 1.95 bits per heavy atom. The number of rotatable bonds is 9. The number of piperazine rings is 1. The van der Waals surface area contributed by atoms with Gasteiger partial charge in [-0.1, -0.05) is 5.21 Å². The summed E-state index contributed by atoms with van der Waals surface area (Å²) in [5.74, 6) is -0.268. The summed E-state index contributed by atoms with van der Waals surface area (Å²) < 4.78 is 22.0. The van der Waals surface area contributed by atoms with Crippen molar-refractivity contribution in [3.63, 3.8) is 0 Å². The van der Waals surface area contributed by atoms with Gasteiger partial charge in [0.2, 0.25) is 5.91 Å². The van der Waals surface area contributed by atoms with Crippen LogP contribution in [0.1, 0.15) is 5.69 Å². The zero-order valence-corrected chi connectivity index (χ0v) is 22.0. The molecule has 3 N–H and O–H groups in total. The molecule has 2 aliphatic heterocycles. The van der Waals surface area contributed by atoms with Crippen molar-refractivity contribution in [2.45, 2.75) is 12.6 Å². The fourth-order valence-corrected chi connectivity index (χ4v) is 4.57. The van der Waals surface area contributed by atoms with Crippen LogP contribution in [0.3, 0.4) is 0 Å². The number of halogens is 1. The van der Waals surface area contributed by atoms with E-state index in [0.29, 0.717) is 69.6 Å². The van der Waals surface area contributed by atoms with Crippen LogP contribution in [0, 0.1) is 5.82 Å². The maximum Gasteiger partial charge on any atom is 0.278 e. The van der Waals surface area contributed by atoms with E-state index < -0.39 is 0 Å². The first kappa shape index (κ1) is 27.1. The first-order valence-electron chi connectivity index (χ1n) is 12.3. The van der Waals surface area contributed by atoms with Crippen LogP contribution in [-0.4, -0.2) is 115 Å². The molecule has 1 unspecified atom stereocenters. The summed E-state index contributed by atoms with van der Waals surface area (Å²) in [4.78, 5) is 24.1. The van der Waals surface area contributed by atoms with Crippen molar-refractivity contribution in [3.8, 4) is 5.69 Å². The number of aromatic nitrogens is 3. The van der Waals surface area contributed by atoms with Crippen molar-refractivity contribution < 1.29 is 18.8 Å². The van der Waals surface area contributed by atoms with Gasteiger partial charge in [-0.3, -0.25) is 9.69 Å². The van der Waals surface area contributed by atoms with Gasteiger partial charge in [0.25, 0.3) is 5.17 Å². The second-order valence-electron chi connectivity index (χ2n) is 8.80. The normalized spacial score (nSPS) is 17.5. The molecular weight excluding hydrogens is 501 g/mol. The number of morpholine rings is 1. The van der Waals surface area contributed by atoms with E-state index in [1.165, 1.54) is 10.7 Å². The Labute approximate surface area is 221 Å². The van der Waals surface area contributed by atoms with Crippen LogP contribution in [0.2, 0.25) is 0 Å². The summed E-state index contributed by atoms with van der Waals surface area (Å²) in [6.07, 6.45) is 1.70. The molecule has 3 heterocycles. The molecule has 0 aliphatic carbocycles. The summed E-state index contributed by atoms with van der Waals surface area (Å²) in [5, 5.41) is 14.4. The second kappa shape index (κ2) is 13.1. The van der Waals surface area contributed by atoms with E-state index in [2.05, 4.69) is 31.3 Å². The summed E-state index contributed by atoms with van der Waals surface area (Å²) in [6.45, 7) is 6.25. The Morgan fingerprint density at radius 1 is 1.19 bits per heavy atom. The van der Waals surface area contributed by atoms with Crippen molar-refractivity contribution in [1.82, 2.24) is 40.9 Å². The molecule has 37 heavy (non-hydrogen) atoms. The molecule has 12 nitrogen and oxygen atoms in total. The zero-order valence-electron chi connectivity index (χ0n) is 21.2. The van der Waals surface area contributed by atoms with E-state index in [-0.39, 0.29) is 22.9 Å². The van der Waals surface area contributed by atoms with Gasteiger partial charge in [-0.25, -0.2) is 9.07 Å². The van der Waals surface area contributed by atoms with Crippen molar-refractivity contribution in [2.24, 2.45) is 0 Å². The van der Waals surface area contributed by atoms with E-state index >= 15 is 4.39 Å². The lowest BCUT2D eigenvalue weighted by atomic mass is 10.1. The van der Waals surface area contributed by atoms with Crippen LogP contribution >= 0.6 is 12.2 Å². The summed E-state index contributed by atoms with van der Waals surface area (Å²) in [6, 6.07) is 4.71. The minimum Gasteiger partial charge on any atom is -0.379 e. The molecule has 4 rings (SSSR count). The van der Waals surface area contributed by atoms with Crippen LogP contribution in [0.5, 0.6) is 0 Å². The lowest BCUT2D eigenvalue weighted by molar-refractivity contribution is -0.134. The van der Waals surface area contributed by atoms with Gasteiger partial charge < -0.3 is 30.0 Å². The minimum absolute atomic E-state index is 0.0826. The molecule has 1 atom stereocenters. The maximum absolute atomic E-state index is 15.1. The molecule has 0 saturated carbocycles. The number of benzene rings is 1. The van der Waals surface area contributed by atoms with Gasteiger partial charge in [0.05, 0.1) is 43.4 Å². The number of thiocarbonyl (C=S) groups is 1. The Kier molecular flexibility index (Phi) is 9.57. The van der Waals surface area contributed by atoms with Gasteiger partial charge in [-0.05, 0) is 31.4 Å². The van der Waals surface area contributed by atoms with Gasteiger partial charge in [0.15, 0.2) is 0 Å². The monoisotopic (exact) mass is 535 g/mol. The SMILES string of the molecule is CNOC(=S)NCc1cn(-c2ccc(N3CCN(C(=O)C(CN4CCOCC4)NC)CC3)c(F)c2)nn1. The van der Waals surface area contributed by atoms with Crippen molar-refractivity contribution in [3.05, 3.63) is 35.9 Å². The second-order valence-corrected chi connectivity index (χ2v) is 9.17. The number of ether oxygens (including phenoxy) is 1. The van der Waals surface area contributed by atoms with Crippen LogP contribution in [0.25, 0.3) is 5.69 Å². The molecule has 1 amide bonds. The summed E-state index contributed by atoms with van der Waals surface area (Å²) in [7, 11) is 3.42. The third-order valence-electron chi connectivity index (χ3n) is 6.47. The van der Waals surface area contributed by atoms with Gasteiger partial charge >= 0.3 is 0 Å². The standard InChI is InChI=1S/C23H34FN9O3S/c1-25-20(16-30-9-11-35-12-10-30)22(34)32-7-5-31(6-8-32)21-4-3-18(13-19(21)24)33-15-17(28-29-33)14-27-23(37)36-26-2/h3-4,13,15,20,25-26H,5-12,14,16H2,1-2H3,(H,27,37). The Bertz CT molecular complexity index is 1060. The molecule has 2 saturated heterocycles. The number of hydrogen-bond acceptors (Lipinski definition) is 10. The maximum atomic E-state index is 15.1. The van der Waals surface area contributed by atoms with Gasteiger partial charge in [-0.2, -0.15) is 5.48 Å². The molecule has 1 aromatic heterocycles. The smallest absolute Gasteiger partial charge is 0.278 e. The number of nitrogens with one attached hydrogen (secondary N) is 3. The number of carbonyl (C=O) groups excluding carboxylic acids is 1. The average molecular weight is 536 g/mol. The average Bonchev–Trinajstić information content (AvgIpc) is 3.40. The highest BCUT2D eigenvalue weighted by atomic mass is 32.1. The molecule has 0 bridgehead atoms. The largest absolute Gasteiger partial charge is 0.379 e. The molecule has 202 valence electrons. The van der Waals surface area contributed by atoms with Crippen molar-refractivity contribution in [1.29, 1.82) is 0 Å². The quantitative estimate of drug-likeness (QED) is 0.285. The van der Waals surface area contributed by atoms with E-state index in [1.807, 2.05) is 16.8 Å². The Morgan fingerprint density at radius 3 is 2.62 bits per heavy atom. The van der Waals surface area contributed by atoms with E-state index in [1.54, 1.807) is 25.4 Å². The fraction of sp³-hybridized carbons (Fsp3) is 0.565. The number of hydrogen-bond donors (Lipinski definition) is 3. The molecule has 2 aromatic rings. The third kappa shape index (κ3) is 7.11. The van der Waals surface area contributed by atoms with E-state index in [4.69, 9.17) is 21.8 Å². The van der Waals surface area contributed by atoms with E-state index in [0.717, 1.165) is 13.1 Å². The highest BCUT2D eigenvalue weighted by Crippen LogP contribution is 2.23. The molecule has 2 aliphatic rings. The lowest BCUT2D eigenvalue weighted by Gasteiger charge is -2.38. The molecule has 0 spiro atoms. The fourth-order valence-electron chi connectivity index (χ4n) is 4.41. The van der Waals surface area contributed by atoms with E-state index in [9.17, 15) is 4.79 Å². The van der Waals surface area contributed by atoms with Gasteiger partial charge in [0.1, 0.15) is 11.5 Å². The molecule has 1 aromatic carbocycles. The number of likely N-dealkylation sites (N-methyl/N-ethyl adjacent to an activating group) is 1. The predicted octanol–water partition coefficient (Wildman–Crippen LogP) is -0.499. The third-order valence-corrected chi connectivity index (χ3v) is 6.70. The van der Waals surface area contributed by atoms with Gasteiger partial charge in [0, 0.05) is 58.9 Å². The topological polar surface area (TPSA) is 112 Å².